The molecule has 0 aliphatic rings. The van der Waals surface area contributed by atoms with Crippen LogP contribution in [0.2, 0.25) is 5.02 Å². The highest BCUT2D eigenvalue weighted by molar-refractivity contribution is 9.10. The number of rotatable bonds is 1. The van der Waals surface area contributed by atoms with E-state index >= 15 is 0 Å². The van der Waals surface area contributed by atoms with E-state index in [0.29, 0.717) is 15.1 Å². The van der Waals surface area contributed by atoms with Crippen LogP contribution in [0.1, 0.15) is 0 Å². The molecular weight excluding hydrogens is 286 g/mol. The van der Waals surface area contributed by atoms with E-state index in [0.717, 1.165) is 0 Å². The lowest BCUT2D eigenvalue weighted by molar-refractivity contribution is 0.436. The minimum absolute atomic E-state index is 0.0527. The van der Waals surface area contributed by atoms with E-state index in [-0.39, 0.29) is 11.4 Å². The Balaban J connectivity index is 2.72. The van der Waals surface area contributed by atoms with Crippen LogP contribution in [0.3, 0.4) is 0 Å². The van der Waals surface area contributed by atoms with Crippen LogP contribution in [0, 0.1) is 5.82 Å². The van der Waals surface area contributed by atoms with Gasteiger partial charge in [-0.2, -0.15) is 0 Å². The molecule has 0 radical (unpaired) electrons. The molecular formula is C9H5BrClFN2O. The fourth-order valence-electron chi connectivity index (χ4n) is 1.21. The third-order valence-corrected chi connectivity index (χ3v) is 3.28. The highest BCUT2D eigenvalue weighted by atomic mass is 79.9. The molecule has 0 bridgehead atoms. The number of benzene rings is 1. The molecule has 0 aliphatic carbocycles. The number of hydrogen-bond donors (Lipinski definition) is 1. The molecule has 0 saturated heterocycles. The minimum Gasteiger partial charge on any atom is -0.367 e. The lowest BCUT2D eigenvalue weighted by Crippen LogP contribution is -1.90. The molecule has 2 N–H and O–H groups in total. The molecule has 0 aliphatic heterocycles. The molecule has 15 heavy (non-hydrogen) atoms. The topological polar surface area (TPSA) is 52.0 Å². The van der Waals surface area contributed by atoms with Crippen LogP contribution in [0.25, 0.3) is 11.1 Å². The highest BCUT2D eigenvalue weighted by Crippen LogP contribution is 2.38. The average molecular weight is 292 g/mol. The molecule has 2 aromatic rings. The van der Waals surface area contributed by atoms with Crippen molar-refractivity contribution in [1.29, 1.82) is 0 Å². The van der Waals surface area contributed by atoms with Crippen LogP contribution in [-0.4, -0.2) is 5.16 Å². The molecule has 0 spiro atoms. The monoisotopic (exact) mass is 290 g/mol. The van der Waals surface area contributed by atoms with Crippen LogP contribution in [0.4, 0.5) is 10.3 Å². The Kier molecular flexibility index (Phi) is 2.67. The largest absolute Gasteiger partial charge is 0.367 e. The zero-order valence-electron chi connectivity index (χ0n) is 7.30. The van der Waals surface area contributed by atoms with Gasteiger partial charge in [0, 0.05) is 10.0 Å². The molecule has 0 amide bonds. The van der Waals surface area contributed by atoms with Crippen molar-refractivity contribution < 1.29 is 8.91 Å². The molecule has 6 heteroatoms. The summed E-state index contributed by atoms with van der Waals surface area (Å²) in [4.78, 5) is 0. The fraction of sp³-hybridized carbons (Fsp3) is 0. The zero-order chi connectivity index (χ0) is 11.0. The molecule has 78 valence electrons. The lowest BCUT2D eigenvalue weighted by atomic mass is 10.1. The Morgan fingerprint density at radius 2 is 2.20 bits per heavy atom. The number of nitrogens with zero attached hydrogens (tertiary/aromatic N) is 1. The zero-order valence-corrected chi connectivity index (χ0v) is 9.64. The van der Waals surface area contributed by atoms with Crippen molar-refractivity contribution in [2.45, 2.75) is 0 Å². The normalized spacial score (nSPS) is 10.6. The molecule has 0 atom stereocenters. The van der Waals surface area contributed by atoms with Gasteiger partial charge in [0.05, 0.1) is 16.8 Å². The van der Waals surface area contributed by atoms with Gasteiger partial charge in [-0.3, -0.25) is 0 Å². The van der Waals surface area contributed by atoms with Crippen LogP contribution < -0.4 is 5.73 Å². The summed E-state index contributed by atoms with van der Waals surface area (Å²) >= 11 is 9.04. The second kappa shape index (κ2) is 3.83. The molecule has 3 nitrogen and oxygen atoms in total. The summed E-state index contributed by atoms with van der Waals surface area (Å²) in [6.45, 7) is 0. The number of aromatic nitrogens is 1. The van der Waals surface area contributed by atoms with Gasteiger partial charge in [0.2, 0.25) is 5.88 Å². The molecule has 0 saturated carbocycles. The number of nitrogens with two attached hydrogens (primary N) is 1. The van der Waals surface area contributed by atoms with E-state index in [1.165, 1.54) is 18.3 Å². The Morgan fingerprint density at radius 3 is 2.80 bits per heavy atom. The van der Waals surface area contributed by atoms with E-state index in [9.17, 15) is 4.39 Å². The number of nitrogen functional groups attached to an aromatic ring is 1. The van der Waals surface area contributed by atoms with Gasteiger partial charge < -0.3 is 10.3 Å². The standard InChI is InChI=1S/C9H5BrClFN2O/c10-8-5(11)1-2-6(12)7(8)4-3-14-15-9(4)13/h1-3H,13H2. The van der Waals surface area contributed by atoms with Gasteiger partial charge in [-0.25, -0.2) is 4.39 Å². The van der Waals surface area contributed by atoms with Crippen molar-refractivity contribution in [3.8, 4) is 11.1 Å². The van der Waals surface area contributed by atoms with Gasteiger partial charge in [-0.15, -0.1) is 0 Å². The smallest absolute Gasteiger partial charge is 0.230 e. The van der Waals surface area contributed by atoms with E-state index < -0.39 is 5.82 Å². The van der Waals surface area contributed by atoms with Crippen LogP contribution in [0.15, 0.2) is 27.3 Å². The molecule has 2 rings (SSSR count). The maximum atomic E-state index is 13.6. The highest BCUT2D eigenvalue weighted by Gasteiger charge is 2.17. The summed E-state index contributed by atoms with van der Waals surface area (Å²) in [5.41, 5.74) is 6.13. The van der Waals surface area contributed by atoms with Crippen LogP contribution in [0.5, 0.6) is 0 Å². The van der Waals surface area contributed by atoms with Crippen molar-refractivity contribution in [3.63, 3.8) is 0 Å². The van der Waals surface area contributed by atoms with Crippen molar-refractivity contribution in [3.05, 3.63) is 33.6 Å². The third kappa shape index (κ3) is 1.72. The van der Waals surface area contributed by atoms with Gasteiger partial charge in [0.1, 0.15) is 5.82 Å². The minimum atomic E-state index is -0.443. The first kappa shape index (κ1) is 10.4. The predicted molar refractivity (Wildman–Crippen MR) is 59.0 cm³/mol. The number of hydrogen-bond acceptors (Lipinski definition) is 3. The number of anilines is 1. The van der Waals surface area contributed by atoms with Crippen molar-refractivity contribution in [2.24, 2.45) is 0 Å². The van der Waals surface area contributed by atoms with Crippen molar-refractivity contribution in [2.75, 3.05) is 5.73 Å². The van der Waals surface area contributed by atoms with Crippen LogP contribution >= 0.6 is 27.5 Å². The Hall–Kier alpha value is -1.07. The van der Waals surface area contributed by atoms with Gasteiger partial charge >= 0.3 is 0 Å². The van der Waals surface area contributed by atoms with Crippen molar-refractivity contribution >= 4 is 33.4 Å². The van der Waals surface area contributed by atoms with E-state index in [1.54, 1.807) is 0 Å². The molecule has 1 heterocycles. The first-order valence-corrected chi connectivity index (χ1v) is 5.12. The summed E-state index contributed by atoms with van der Waals surface area (Å²) in [7, 11) is 0. The molecule has 1 aromatic carbocycles. The third-order valence-electron chi connectivity index (χ3n) is 1.91. The maximum absolute atomic E-state index is 13.6. The quantitative estimate of drug-likeness (QED) is 0.818. The van der Waals surface area contributed by atoms with Gasteiger partial charge in [-0.05, 0) is 28.1 Å². The molecule has 0 fully saturated rings. The summed E-state index contributed by atoms with van der Waals surface area (Å²) in [6.07, 6.45) is 1.34. The summed E-state index contributed by atoms with van der Waals surface area (Å²) < 4.78 is 18.7. The lowest BCUT2D eigenvalue weighted by Gasteiger charge is -2.05. The van der Waals surface area contributed by atoms with Crippen LogP contribution in [-0.2, 0) is 0 Å². The van der Waals surface area contributed by atoms with E-state index in [1.807, 2.05) is 0 Å². The first-order valence-electron chi connectivity index (χ1n) is 3.95. The summed E-state index contributed by atoms with van der Waals surface area (Å²) in [6, 6.07) is 2.71. The molecule has 1 aromatic heterocycles. The van der Waals surface area contributed by atoms with E-state index in [4.69, 9.17) is 17.3 Å². The Bertz CT molecular complexity index is 515. The fourth-order valence-corrected chi connectivity index (χ4v) is 1.90. The number of halogens is 3. The Labute approximate surface area is 98.1 Å². The summed E-state index contributed by atoms with van der Waals surface area (Å²) in [5, 5.41) is 3.87. The van der Waals surface area contributed by atoms with Gasteiger partial charge in [-0.1, -0.05) is 16.8 Å². The maximum Gasteiger partial charge on any atom is 0.230 e. The SMILES string of the molecule is Nc1oncc1-c1c(F)ccc(Cl)c1Br. The predicted octanol–water partition coefficient (Wildman–Crippen LogP) is 3.48. The van der Waals surface area contributed by atoms with E-state index in [2.05, 4.69) is 25.6 Å². The molecule has 0 unspecified atom stereocenters. The van der Waals surface area contributed by atoms with Gasteiger partial charge in [0.25, 0.3) is 0 Å². The van der Waals surface area contributed by atoms with Crippen molar-refractivity contribution in [1.82, 2.24) is 5.16 Å². The van der Waals surface area contributed by atoms with Gasteiger partial charge in [0.15, 0.2) is 0 Å². The second-order valence-electron chi connectivity index (χ2n) is 2.82. The summed E-state index contributed by atoms with van der Waals surface area (Å²) in [5.74, 6) is -0.391. The Morgan fingerprint density at radius 1 is 1.47 bits per heavy atom. The first-order chi connectivity index (χ1) is 7.11. The average Bonchev–Trinajstić information content (AvgIpc) is 2.60. The second-order valence-corrected chi connectivity index (χ2v) is 4.02.